The van der Waals surface area contributed by atoms with E-state index in [-0.39, 0.29) is 0 Å². The second-order valence-electron chi connectivity index (χ2n) is 5.42. The third-order valence-electron chi connectivity index (χ3n) is 3.86. The Morgan fingerprint density at radius 1 is 1.29 bits per heavy atom. The number of rotatable bonds is 8. The Morgan fingerprint density at radius 2 is 2.00 bits per heavy atom. The Kier molecular flexibility index (Phi) is 6.67. The molecule has 0 heterocycles. The summed E-state index contributed by atoms with van der Waals surface area (Å²) in [7, 11) is 1.63. The smallest absolute Gasteiger partial charge is 0.119 e. The minimum absolute atomic E-state index is 0.304. The van der Waals surface area contributed by atoms with Crippen LogP contribution in [0.3, 0.4) is 0 Å². The zero-order valence-corrected chi connectivity index (χ0v) is 13.6. The van der Waals surface area contributed by atoms with Crippen LogP contribution in [0.25, 0.3) is 0 Å². The quantitative estimate of drug-likeness (QED) is 0.771. The highest BCUT2D eigenvalue weighted by molar-refractivity contribution is 7.99. The van der Waals surface area contributed by atoms with Gasteiger partial charge in [-0.25, -0.2) is 0 Å². The van der Waals surface area contributed by atoms with E-state index in [1.165, 1.54) is 19.3 Å². The molecule has 0 aromatic heterocycles. The summed E-state index contributed by atoms with van der Waals surface area (Å²) in [5, 5.41) is 14.2. The van der Waals surface area contributed by atoms with Gasteiger partial charge in [-0.15, -0.1) is 0 Å². The molecule has 1 aliphatic carbocycles. The lowest BCUT2D eigenvalue weighted by atomic mass is 10.2. The monoisotopic (exact) mass is 311 g/mol. The number of hydrogen-bond donors (Lipinski definition) is 2. The third-order valence-corrected chi connectivity index (χ3v) is 4.96. The lowest BCUT2D eigenvalue weighted by molar-refractivity contribution is 0.104. The van der Waals surface area contributed by atoms with Gasteiger partial charge in [0.25, 0.3) is 0 Å². The number of hydrogen-bond acceptors (Lipinski definition) is 5. The molecule has 1 aromatic carbocycles. The molecule has 0 aliphatic heterocycles. The molecule has 1 saturated carbocycles. The predicted molar refractivity (Wildman–Crippen MR) is 87.4 cm³/mol. The van der Waals surface area contributed by atoms with Crippen molar-refractivity contribution in [1.29, 1.82) is 0 Å². The van der Waals surface area contributed by atoms with Crippen LogP contribution in [0.2, 0.25) is 0 Å². The maximum absolute atomic E-state index is 9.98. The second-order valence-corrected chi connectivity index (χ2v) is 6.55. The van der Waals surface area contributed by atoms with Gasteiger partial charge in [-0.05, 0) is 49.8 Å². The highest BCUT2D eigenvalue weighted by atomic mass is 32.2. The molecule has 4 nitrogen and oxygen atoms in total. The van der Waals surface area contributed by atoms with Crippen molar-refractivity contribution in [3.05, 3.63) is 24.3 Å². The molecule has 0 bridgehead atoms. The van der Waals surface area contributed by atoms with Crippen LogP contribution in [0.4, 0.5) is 0 Å². The minimum Gasteiger partial charge on any atom is -0.497 e. The van der Waals surface area contributed by atoms with Gasteiger partial charge in [-0.3, -0.25) is 0 Å². The second kappa shape index (κ2) is 8.51. The largest absolute Gasteiger partial charge is 0.497 e. The molecule has 0 amide bonds. The van der Waals surface area contributed by atoms with Gasteiger partial charge in [-0.1, -0.05) is 0 Å². The van der Waals surface area contributed by atoms with E-state index >= 15 is 0 Å². The van der Waals surface area contributed by atoms with Crippen molar-refractivity contribution in [3.8, 4) is 11.5 Å². The molecule has 0 spiro atoms. The van der Waals surface area contributed by atoms with Crippen molar-refractivity contribution in [2.45, 2.75) is 36.7 Å². The van der Waals surface area contributed by atoms with E-state index in [2.05, 4.69) is 11.6 Å². The molecule has 1 aliphatic rings. The highest BCUT2D eigenvalue weighted by Gasteiger charge is 2.23. The van der Waals surface area contributed by atoms with Crippen molar-refractivity contribution in [1.82, 2.24) is 5.32 Å². The molecule has 0 saturated heterocycles. The molecular formula is C16H25NO3S. The van der Waals surface area contributed by atoms with Crippen LogP contribution in [0.15, 0.2) is 24.3 Å². The number of aliphatic hydroxyl groups is 1. The van der Waals surface area contributed by atoms with E-state index in [9.17, 15) is 5.11 Å². The fraction of sp³-hybridized carbons (Fsp3) is 0.625. The first-order valence-corrected chi connectivity index (χ1v) is 8.71. The van der Waals surface area contributed by atoms with Crippen molar-refractivity contribution < 1.29 is 14.6 Å². The van der Waals surface area contributed by atoms with Crippen LogP contribution in [0.5, 0.6) is 11.5 Å². The summed E-state index contributed by atoms with van der Waals surface area (Å²) in [4.78, 5) is 0. The van der Waals surface area contributed by atoms with Crippen LogP contribution >= 0.6 is 11.8 Å². The molecule has 2 rings (SSSR count). The molecule has 118 valence electrons. The SMILES string of the molecule is COc1ccc(OCC(O)CNC2CCC(SC)C2)cc1. The van der Waals surface area contributed by atoms with Gasteiger partial charge < -0.3 is 19.9 Å². The Hall–Kier alpha value is -0.910. The van der Waals surface area contributed by atoms with Gasteiger partial charge >= 0.3 is 0 Å². The van der Waals surface area contributed by atoms with Gasteiger partial charge in [0.15, 0.2) is 0 Å². The van der Waals surface area contributed by atoms with Crippen molar-refractivity contribution in [3.63, 3.8) is 0 Å². The van der Waals surface area contributed by atoms with Gasteiger partial charge in [-0.2, -0.15) is 11.8 Å². The van der Waals surface area contributed by atoms with Crippen molar-refractivity contribution in [2.75, 3.05) is 26.5 Å². The Bertz CT molecular complexity index is 412. The zero-order valence-electron chi connectivity index (χ0n) is 12.7. The van der Waals surface area contributed by atoms with E-state index in [1.807, 2.05) is 36.0 Å². The molecule has 5 heteroatoms. The van der Waals surface area contributed by atoms with E-state index in [4.69, 9.17) is 9.47 Å². The summed E-state index contributed by atoms with van der Waals surface area (Å²) < 4.78 is 10.7. The number of ether oxygens (including phenoxy) is 2. The van der Waals surface area contributed by atoms with Gasteiger partial charge in [0, 0.05) is 17.8 Å². The number of thioether (sulfide) groups is 1. The summed E-state index contributed by atoms with van der Waals surface area (Å²) >= 11 is 1.94. The van der Waals surface area contributed by atoms with E-state index in [0.717, 1.165) is 16.7 Å². The van der Waals surface area contributed by atoms with E-state index < -0.39 is 6.10 Å². The Morgan fingerprint density at radius 3 is 2.62 bits per heavy atom. The molecular weight excluding hydrogens is 286 g/mol. The summed E-state index contributed by atoms with van der Waals surface area (Å²) in [6.07, 6.45) is 5.37. The number of methoxy groups -OCH3 is 1. The average molecular weight is 311 g/mol. The van der Waals surface area contributed by atoms with Crippen molar-refractivity contribution >= 4 is 11.8 Å². The first-order chi connectivity index (χ1) is 10.2. The lowest BCUT2D eigenvalue weighted by Gasteiger charge is -2.17. The summed E-state index contributed by atoms with van der Waals surface area (Å²) in [5.41, 5.74) is 0. The zero-order chi connectivity index (χ0) is 15.1. The first kappa shape index (κ1) is 16.5. The maximum atomic E-state index is 9.98. The Balaban J connectivity index is 1.64. The van der Waals surface area contributed by atoms with Crippen molar-refractivity contribution in [2.24, 2.45) is 0 Å². The highest BCUT2D eigenvalue weighted by Crippen LogP contribution is 2.28. The van der Waals surface area contributed by atoms with Crippen LogP contribution in [0.1, 0.15) is 19.3 Å². The third kappa shape index (κ3) is 5.41. The first-order valence-electron chi connectivity index (χ1n) is 7.42. The number of benzene rings is 1. The van der Waals surface area contributed by atoms with Crippen LogP contribution in [0, 0.1) is 0 Å². The summed E-state index contributed by atoms with van der Waals surface area (Å²) in [6.45, 7) is 0.889. The minimum atomic E-state index is -0.486. The molecule has 1 aromatic rings. The topological polar surface area (TPSA) is 50.7 Å². The summed E-state index contributed by atoms with van der Waals surface area (Å²) in [6, 6.07) is 7.93. The number of nitrogens with one attached hydrogen (secondary N) is 1. The van der Waals surface area contributed by atoms with E-state index in [1.54, 1.807) is 7.11 Å². The predicted octanol–water partition coefficient (Wildman–Crippen LogP) is 2.31. The van der Waals surface area contributed by atoms with Gasteiger partial charge in [0.1, 0.15) is 24.2 Å². The van der Waals surface area contributed by atoms with Crippen LogP contribution in [-0.4, -0.2) is 49.0 Å². The Labute approximate surface area is 131 Å². The lowest BCUT2D eigenvalue weighted by Crippen LogP contribution is -2.37. The number of aliphatic hydroxyl groups excluding tert-OH is 1. The average Bonchev–Trinajstić information content (AvgIpc) is 2.99. The fourth-order valence-electron chi connectivity index (χ4n) is 2.57. The molecule has 1 fully saturated rings. The van der Waals surface area contributed by atoms with E-state index in [0.29, 0.717) is 19.2 Å². The normalized spacial score (nSPS) is 23.0. The fourth-order valence-corrected chi connectivity index (χ4v) is 3.36. The molecule has 2 N–H and O–H groups in total. The summed E-state index contributed by atoms with van der Waals surface area (Å²) in [5.74, 6) is 1.55. The molecule has 21 heavy (non-hydrogen) atoms. The van der Waals surface area contributed by atoms with Gasteiger partial charge in [0.2, 0.25) is 0 Å². The molecule has 0 radical (unpaired) electrons. The standard InChI is InChI=1S/C16H25NO3S/c1-19-14-4-6-15(7-5-14)20-11-13(18)10-17-12-3-8-16(9-12)21-2/h4-7,12-13,16-18H,3,8-11H2,1-2H3. The maximum Gasteiger partial charge on any atom is 0.119 e. The molecule has 3 unspecified atom stereocenters. The van der Waals surface area contributed by atoms with Gasteiger partial charge in [0.05, 0.1) is 7.11 Å². The van der Waals surface area contributed by atoms with Crippen LogP contribution < -0.4 is 14.8 Å². The van der Waals surface area contributed by atoms with Crippen LogP contribution in [-0.2, 0) is 0 Å². The molecule has 3 atom stereocenters.